The van der Waals surface area contributed by atoms with E-state index in [1.165, 1.54) is 11.8 Å². The third-order valence-electron chi connectivity index (χ3n) is 3.81. The molecular formula is C14H18Cl4OS. The first kappa shape index (κ1) is 18.6. The monoisotopic (exact) mass is 374 g/mol. The van der Waals surface area contributed by atoms with Gasteiger partial charge in [-0.1, -0.05) is 81.0 Å². The maximum atomic E-state index is 9.71. The van der Waals surface area contributed by atoms with Gasteiger partial charge in [0.25, 0.3) is 0 Å². The van der Waals surface area contributed by atoms with Gasteiger partial charge in [0, 0.05) is 10.6 Å². The number of phenols is 1. The van der Waals surface area contributed by atoms with E-state index in [0.717, 1.165) is 5.75 Å². The van der Waals surface area contributed by atoms with E-state index in [9.17, 15) is 5.11 Å². The van der Waals surface area contributed by atoms with Gasteiger partial charge < -0.3 is 5.11 Å². The van der Waals surface area contributed by atoms with Gasteiger partial charge >= 0.3 is 0 Å². The third kappa shape index (κ3) is 3.64. The molecule has 1 aromatic rings. The van der Waals surface area contributed by atoms with Crippen LogP contribution in [0.5, 0.6) is 5.75 Å². The maximum Gasteiger partial charge on any atom is 0.155 e. The number of aromatic hydroxyl groups is 1. The minimum atomic E-state index is -0.275. The van der Waals surface area contributed by atoms with Crippen LogP contribution in [0.1, 0.15) is 34.6 Å². The van der Waals surface area contributed by atoms with E-state index in [2.05, 4.69) is 34.6 Å². The van der Waals surface area contributed by atoms with Crippen LogP contribution in [0.4, 0.5) is 0 Å². The molecule has 0 aromatic heterocycles. The number of hydrogen-bond donors (Lipinski definition) is 1. The average molecular weight is 376 g/mol. The van der Waals surface area contributed by atoms with Crippen molar-refractivity contribution >= 4 is 58.2 Å². The normalized spacial score (nSPS) is 12.8. The smallest absolute Gasteiger partial charge is 0.155 e. The van der Waals surface area contributed by atoms with E-state index in [4.69, 9.17) is 46.4 Å². The molecule has 0 heterocycles. The van der Waals surface area contributed by atoms with E-state index in [-0.39, 0.29) is 36.7 Å². The molecular weight excluding hydrogens is 358 g/mol. The predicted octanol–water partition coefficient (Wildman–Crippen LogP) is 7.17. The van der Waals surface area contributed by atoms with E-state index < -0.39 is 0 Å². The second-order valence-electron chi connectivity index (χ2n) is 6.36. The molecule has 1 nitrogen and oxygen atoms in total. The van der Waals surface area contributed by atoms with E-state index in [1.54, 1.807) is 0 Å². The Morgan fingerprint density at radius 3 is 1.60 bits per heavy atom. The molecule has 0 saturated carbocycles. The average Bonchev–Trinajstić information content (AvgIpc) is 2.32. The van der Waals surface area contributed by atoms with Crippen molar-refractivity contribution in [3.05, 3.63) is 20.1 Å². The lowest BCUT2D eigenvalue weighted by molar-refractivity contribution is 0.162. The number of halogens is 4. The summed E-state index contributed by atoms with van der Waals surface area (Å²) in [7, 11) is 0. The summed E-state index contributed by atoms with van der Waals surface area (Å²) >= 11 is 25.7. The van der Waals surface area contributed by atoms with Crippen molar-refractivity contribution in [3.8, 4) is 5.75 Å². The van der Waals surface area contributed by atoms with Gasteiger partial charge in [-0.2, -0.15) is 0 Å². The van der Waals surface area contributed by atoms with Crippen LogP contribution in [0.2, 0.25) is 20.1 Å². The summed E-state index contributed by atoms with van der Waals surface area (Å²) in [5, 5.41) is 10.3. The summed E-state index contributed by atoms with van der Waals surface area (Å²) in [5.74, 6) is 0.524. The summed E-state index contributed by atoms with van der Waals surface area (Å²) in [5.41, 5.74) is 0.185. The van der Waals surface area contributed by atoms with Crippen LogP contribution in [0, 0.1) is 10.8 Å². The Morgan fingerprint density at radius 2 is 1.25 bits per heavy atom. The number of hydrogen-bond acceptors (Lipinski definition) is 2. The molecule has 1 aromatic carbocycles. The SMILES string of the molecule is CC(C)(C)C(C)(C)CSc1c(Cl)c(Cl)c(O)c(Cl)c1Cl. The van der Waals surface area contributed by atoms with Crippen molar-refractivity contribution in [1.82, 2.24) is 0 Å². The molecule has 1 rings (SSSR count). The fourth-order valence-electron chi connectivity index (χ4n) is 1.20. The Morgan fingerprint density at radius 1 is 0.850 bits per heavy atom. The molecule has 0 fully saturated rings. The molecule has 0 saturated heterocycles. The first-order valence-corrected chi connectivity index (χ1v) is 8.57. The van der Waals surface area contributed by atoms with Gasteiger partial charge in [0.05, 0.1) is 10.0 Å². The topological polar surface area (TPSA) is 20.2 Å². The van der Waals surface area contributed by atoms with Crippen molar-refractivity contribution in [2.24, 2.45) is 10.8 Å². The van der Waals surface area contributed by atoms with Crippen molar-refractivity contribution < 1.29 is 5.11 Å². The van der Waals surface area contributed by atoms with Gasteiger partial charge in [0.2, 0.25) is 0 Å². The second-order valence-corrected chi connectivity index (χ2v) is 8.85. The Bertz CT molecular complexity index is 492. The molecule has 20 heavy (non-hydrogen) atoms. The molecule has 0 aliphatic carbocycles. The van der Waals surface area contributed by atoms with Gasteiger partial charge in [-0.05, 0) is 10.8 Å². The number of phenolic OH excluding ortho intramolecular Hbond substituents is 1. The van der Waals surface area contributed by atoms with Crippen molar-refractivity contribution in [1.29, 1.82) is 0 Å². The van der Waals surface area contributed by atoms with Crippen molar-refractivity contribution in [3.63, 3.8) is 0 Å². The third-order valence-corrected chi connectivity index (χ3v) is 7.28. The zero-order valence-corrected chi connectivity index (χ0v) is 15.9. The van der Waals surface area contributed by atoms with Crippen LogP contribution < -0.4 is 0 Å². The summed E-state index contributed by atoms with van der Waals surface area (Å²) in [6.45, 7) is 10.9. The van der Waals surface area contributed by atoms with Crippen LogP contribution in [-0.2, 0) is 0 Å². The second kappa shape index (κ2) is 6.34. The molecule has 0 unspecified atom stereocenters. The van der Waals surface area contributed by atoms with Gasteiger partial charge in [-0.3, -0.25) is 0 Å². The summed E-state index contributed by atoms with van der Waals surface area (Å²) < 4.78 is 0. The van der Waals surface area contributed by atoms with Crippen molar-refractivity contribution in [2.45, 2.75) is 39.5 Å². The fourth-order valence-corrected chi connectivity index (χ4v) is 3.87. The highest BCUT2D eigenvalue weighted by molar-refractivity contribution is 7.99. The van der Waals surface area contributed by atoms with Crippen LogP contribution in [-0.4, -0.2) is 10.9 Å². The Hall–Kier alpha value is 0.530. The summed E-state index contributed by atoms with van der Waals surface area (Å²) in [6.07, 6.45) is 0. The molecule has 0 bridgehead atoms. The first-order valence-electron chi connectivity index (χ1n) is 6.08. The van der Waals surface area contributed by atoms with Gasteiger partial charge in [-0.25, -0.2) is 0 Å². The van der Waals surface area contributed by atoms with Gasteiger partial charge in [-0.15, -0.1) is 11.8 Å². The first-order chi connectivity index (χ1) is 8.90. The van der Waals surface area contributed by atoms with E-state index >= 15 is 0 Å². The minimum Gasteiger partial charge on any atom is -0.505 e. The van der Waals surface area contributed by atoms with E-state index in [0.29, 0.717) is 4.90 Å². The largest absolute Gasteiger partial charge is 0.505 e. The van der Waals surface area contributed by atoms with Crippen LogP contribution >= 0.6 is 58.2 Å². The Labute approximate surface area is 144 Å². The van der Waals surface area contributed by atoms with Crippen molar-refractivity contribution in [2.75, 3.05) is 5.75 Å². The molecule has 114 valence electrons. The highest BCUT2D eigenvalue weighted by Crippen LogP contribution is 2.51. The molecule has 0 atom stereocenters. The molecule has 0 spiro atoms. The quantitative estimate of drug-likeness (QED) is 0.446. The Kier molecular flexibility index (Phi) is 5.89. The molecule has 0 aliphatic rings. The standard InChI is InChI=1S/C14H18Cl4OS/c1-13(2,3)14(4,5)6-20-12-9(17)7(15)11(19)8(16)10(12)18/h19H,6H2,1-5H3. The lowest BCUT2D eigenvalue weighted by atomic mass is 9.71. The fraction of sp³-hybridized carbons (Fsp3) is 0.571. The van der Waals surface area contributed by atoms with Gasteiger partial charge in [0.15, 0.2) is 5.75 Å². The number of thioether (sulfide) groups is 1. The lowest BCUT2D eigenvalue weighted by Gasteiger charge is -2.38. The van der Waals surface area contributed by atoms with E-state index in [1.807, 2.05) is 0 Å². The zero-order valence-electron chi connectivity index (χ0n) is 12.1. The van der Waals surface area contributed by atoms with Gasteiger partial charge in [0.1, 0.15) is 10.0 Å². The zero-order chi connectivity index (χ0) is 15.9. The molecule has 0 amide bonds. The number of benzene rings is 1. The molecule has 1 N–H and O–H groups in total. The Balaban J connectivity index is 3.13. The predicted molar refractivity (Wildman–Crippen MR) is 92.1 cm³/mol. The summed E-state index contributed by atoms with van der Waals surface area (Å²) in [6, 6.07) is 0. The summed E-state index contributed by atoms with van der Waals surface area (Å²) in [4.78, 5) is 0.610. The highest BCUT2D eigenvalue weighted by atomic mass is 35.5. The van der Waals surface area contributed by atoms with Crippen LogP contribution in [0.25, 0.3) is 0 Å². The molecule has 0 aliphatic heterocycles. The molecule has 6 heteroatoms. The van der Waals surface area contributed by atoms with Crippen LogP contribution in [0.3, 0.4) is 0 Å². The highest BCUT2D eigenvalue weighted by Gasteiger charge is 2.33. The van der Waals surface area contributed by atoms with Crippen LogP contribution in [0.15, 0.2) is 4.90 Å². The lowest BCUT2D eigenvalue weighted by Crippen LogP contribution is -2.31. The molecule has 0 radical (unpaired) electrons. The maximum absolute atomic E-state index is 9.71. The number of rotatable bonds is 3. The minimum absolute atomic E-state index is 0.0390.